The van der Waals surface area contributed by atoms with Gasteiger partial charge in [0.25, 0.3) is 0 Å². The largest absolute Gasteiger partial charge is 0.326 e. The van der Waals surface area contributed by atoms with Crippen LogP contribution in [0.4, 0.5) is 11.4 Å². The van der Waals surface area contributed by atoms with Gasteiger partial charge < -0.3 is 10.6 Å². The molecule has 0 heterocycles. The van der Waals surface area contributed by atoms with Crippen LogP contribution in [-0.2, 0) is 9.59 Å². The van der Waals surface area contributed by atoms with Gasteiger partial charge in [-0.25, -0.2) is 0 Å². The van der Waals surface area contributed by atoms with E-state index in [1.54, 1.807) is 31.2 Å². The van der Waals surface area contributed by atoms with Crippen LogP contribution >= 0.6 is 11.6 Å². The summed E-state index contributed by atoms with van der Waals surface area (Å²) in [4.78, 5) is 23.5. The lowest BCUT2D eigenvalue weighted by Crippen LogP contribution is -2.27. The molecule has 20 heavy (non-hydrogen) atoms. The van der Waals surface area contributed by atoms with Gasteiger partial charge in [0.2, 0.25) is 11.8 Å². The normalized spacial score (nSPS) is 12.7. The molecule has 0 bridgehead atoms. The third kappa shape index (κ3) is 4.85. The van der Waals surface area contributed by atoms with Gasteiger partial charge in [0.1, 0.15) is 0 Å². The SMILES string of the molecule is CC(CCl)C(=O)Nc1ccc(NC(=O)C(C)(C)C)cc1. The highest BCUT2D eigenvalue weighted by atomic mass is 35.5. The van der Waals surface area contributed by atoms with E-state index >= 15 is 0 Å². The first-order valence-corrected chi connectivity index (χ1v) is 7.06. The summed E-state index contributed by atoms with van der Waals surface area (Å²) in [7, 11) is 0. The summed E-state index contributed by atoms with van der Waals surface area (Å²) in [5, 5.41) is 5.59. The Hall–Kier alpha value is -1.55. The fourth-order valence-electron chi connectivity index (χ4n) is 1.29. The molecule has 1 atom stereocenters. The molecule has 0 radical (unpaired) electrons. The number of rotatable bonds is 4. The van der Waals surface area contributed by atoms with E-state index in [1.165, 1.54) is 0 Å². The predicted octanol–water partition coefficient (Wildman–Crippen LogP) is 3.48. The van der Waals surface area contributed by atoms with Crippen LogP contribution in [0.2, 0.25) is 0 Å². The van der Waals surface area contributed by atoms with E-state index in [2.05, 4.69) is 10.6 Å². The smallest absolute Gasteiger partial charge is 0.229 e. The van der Waals surface area contributed by atoms with Gasteiger partial charge in [0.05, 0.1) is 0 Å². The number of anilines is 2. The Morgan fingerprint density at radius 2 is 1.55 bits per heavy atom. The average Bonchev–Trinajstić information content (AvgIpc) is 2.38. The Balaban J connectivity index is 2.65. The number of halogens is 1. The van der Waals surface area contributed by atoms with Gasteiger partial charge in [-0.05, 0) is 24.3 Å². The summed E-state index contributed by atoms with van der Waals surface area (Å²) in [6, 6.07) is 7.00. The highest BCUT2D eigenvalue weighted by molar-refractivity contribution is 6.19. The minimum absolute atomic E-state index is 0.0509. The van der Waals surface area contributed by atoms with Crippen molar-refractivity contribution >= 4 is 34.8 Å². The van der Waals surface area contributed by atoms with Crippen LogP contribution in [0.25, 0.3) is 0 Å². The molecule has 1 unspecified atom stereocenters. The molecule has 0 aliphatic rings. The van der Waals surface area contributed by atoms with E-state index in [1.807, 2.05) is 20.8 Å². The zero-order chi connectivity index (χ0) is 15.3. The summed E-state index contributed by atoms with van der Waals surface area (Å²) in [5.74, 6) is -0.126. The van der Waals surface area contributed by atoms with E-state index in [4.69, 9.17) is 11.6 Å². The number of nitrogens with one attached hydrogen (secondary N) is 2. The number of amides is 2. The van der Waals surface area contributed by atoms with Gasteiger partial charge in [-0.2, -0.15) is 0 Å². The van der Waals surface area contributed by atoms with Crippen LogP contribution in [0.1, 0.15) is 27.7 Å². The molecule has 1 rings (SSSR count). The van der Waals surface area contributed by atoms with Crippen molar-refractivity contribution in [1.29, 1.82) is 0 Å². The van der Waals surface area contributed by atoms with E-state index in [0.717, 1.165) is 0 Å². The maximum atomic E-state index is 11.8. The number of alkyl halides is 1. The number of benzene rings is 1. The van der Waals surface area contributed by atoms with Crippen molar-refractivity contribution in [1.82, 2.24) is 0 Å². The number of carbonyl (C=O) groups is 2. The third-order valence-corrected chi connectivity index (χ3v) is 3.23. The Labute approximate surface area is 124 Å². The maximum absolute atomic E-state index is 11.8. The predicted molar refractivity (Wildman–Crippen MR) is 83.0 cm³/mol. The van der Waals surface area contributed by atoms with Crippen LogP contribution in [0.3, 0.4) is 0 Å². The lowest BCUT2D eigenvalue weighted by atomic mass is 9.95. The van der Waals surface area contributed by atoms with Crippen molar-refractivity contribution in [2.45, 2.75) is 27.7 Å². The molecular formula is C15H21ClN2O2. The lowest BCUT2D eigenvalue weighted by Gasteiger charge is -2.17. The second-order valence-electron chi connectivity index (χ2n) is 5.83. The first-order valence-electron chi connectivity index (χ1n) is 6.52. The number of hydrogen-bond acceptors (Lipinski definition) is 2. The van der Waals surface area contributed by atoms with Gasteiger partial charge in [0, 0.05) is 28.6 Å². The Kier molecular flexibility index (Phi) is 5.57. The monoisotopic (exact) mass is 296 g/mol. The summed E-state index contributed by atoms with van der Waals surface area (Å²) in [6.07, 6.45) is 0. The first kappa shape index (κ1) is 16.5. The summed E-state index contributed by atoms with van der Waals surface area (Å²) in [5.41, 5.74) is 0.942. The molecule has 5 heteroatoms. The van der Waals surface area contributed by atoms with Crippen LogP contribution in [0.15, 0.2) is 24.3 Å². The molecule has 0 aliphatic heterocycles. The Bertz CT molecular complexity index is 478. The van der Waals surface area contributed by atoms with Crippen molar-refractivity contribution in [2.75, 3.05) is 16.5 Å². The molecule has 1 aromatic carbocycles. The van der Waals surface area contributed by atoms with E-state index in [9.17, 15) is 9.59 Å². The van der Waals surface area contributed by atoms with E-state index < -0.39 is 5.41 Å². The van der Waals surface area contributed by atoms with Gasteiger partial charge in [-0.1, -0.05) is 27.7 Å². The average molecular weight is 297 g/mol. The van der Waals surface area contributed by atoms with E-state index in [-0.39, 0.29) is 23.6 Å². The quantitative estimate of drug-likeness (QED) is 0.836. The van der Waals surface area contributed by atoms with Crippen molar-refractivity contribution in [3.63, 3.8) is 0 Å². The van der Waals surface area contributed by atoms with E-state index in [0.29, 0.717) is 11.4 Å². The Morgan fingerprint density at radius 1 is 1.10 bits per heavy atom. The van der Waals surface area contributed by atoms with Crippen LogP contribution in [-0.4, -0.2) is 17.7 Å². The second kappa shape index (κ2) is 6.75. The molecule has 0 saturated carbocycles. The van der Waals surface area contributed by atoms with Crippen molar-refractivity contribution in [2.24, 2.45) is 11.3 Å². The molecular weight excluding hydrogens is 276 g/mol. The van der Waals surface area contributed by atoms with Gasteiger partial charge in [-0.15, -0.1) is 11.6 Å². The van der Waals surface area contributed by atoms with Crippen LogP contribution in [0.5, 0.6) is 0 Å². The minimum atomic E-state index is -0.442. The molecule has 0 saturated heterocycles. The standard InChI is InChI=1S/C15H21ClN2O2/c1-10(9-16)13(19)17-11-5-7-12(8-6-11)18-14(20)15(2,3)4/h5-8,10H,9H2,1-4H3,(H,17,19)(H,18,20). The summed E-state index contributed by atoms with van der Waals surface area (Å²) >= 11 is 5.63. The molecule has 1 aromatic rings. The summed E-state index contributed by atoms with van der Waals surface area (Å²) in [6.45, 7) is 7.32. The first-order chi connectivity index (χ1) is 9.24. The van der Waals surface area contributed by atoms with Crippen molar-refractivity contribution in [3.05, 3.63) is 24.3 Å². The summed E-state index contributed by atoms with van der Waals surface area (Å²) < 4.78 is 0. The number of carbonyl (C=O) groups excluding carboxylic acids is 2. The minimum Gasteiger partial charge on any atom is -0.326 e. The topological polar surface area (TPSA) is 58.2 Å². The molecule has 2 amide bonds. The van der Waals surface area contributed by atoms with Crippen molar-refractivity contribution < 1.29 is 9.59 Å². The van der Waals surface area contributed by atoms with Crippen molar-refractivity contribution in [3.8, 4) is 0 Å². The van der Waals surface area contributed by atoms with Gasteiger partial charge in [0.15, 0.2) is 0 Å². The molecule has 110 valence electrons. The molecule has 0 aromatic heterocycles. The molecule has 2 N–H and O–H groups in total. The fraction of sp³-hybridized carbons (Fsp3) is 0.467. The molecule has 0 fully saturated rings. The zero-order valence-electron chi connectivity index (χ0n) is 12.3. The molecule has 0 spiro atoms. The van der Waals surface area contributed by atoms with Crippen LogP contribution < -0.4 is 10.6 Å². The van der Waals surface area contributed by atoms with Gasteiger partial charge in [-0.3, -0.25) is 9.59 Å². The zero-order valence-corrected chi connectivity index (χ0v) is 13.0. The number of hydrogen-bond donors (Lipinski definition) is 2. The molecule has 4 nitrogen and oxygen atoms in total. The lowest BCUT2D eigenvalue weighted by molar-refractivity contribution is -0.123. The second-order valence-corrected chi connectivity index (χ2v) is 6.13. The maximum Gasteiger partial charge on any atom is 0.229 e. The molecule has 0 aliphatic carbocycles. The fourth-order valence-corrected chi connectivity index (χ4v) is 1.43. The van der Waals surface area contributed by atoms with Crippen LogP contribution in [0, 0.1) is 11.3 Å². The highest BCUT2D eigenvalue weighted by Gasteiger charge is 2.21. The third-order valence-electron chi connectivity index (χ3n) is 2.77. The highest BCUT2D eigenvalue weighted by Crippen LogP contribution is 2.19. The Morgan fingerprint density at radius 3 is 1.95 bits per heavy atom. The van der Waals surface area contributed by atoms with Gasteiger partial charge >= 0.3 is 0 Å².